The molecule has 0 bridgehead atoms. The average molecular weight is 352 g/mol. The molecule has 6 nitrogen and oxygen atoms in total. The number of nitrogens with zero attached hydrogens (tertiary/aromatic N) is 1. The van der Waals surface area contributed by atoms with Crippen LogP contribution in [0.25, 0.3) is 10.9 Å². The maximum absolute atomic E-state index is 12.7. The first kappa shape index (κ1) is 17.5. The molecule has 0 fully saturated rings. The molecule has 0 atom stereocenters. The van der Waals surface area contributed by atoms with Gasteiger partial charge in [0, 0.05) is 18.7 Å². The summed E-state index contributed by atoms with van der Waals surface area (Å²) in [6.07, 6.45) is 0. The van der Waals surface area contributed by atoms with E-state index in [9.17, 15) is 9.59 Å². The normalized spacial score (nSPS) is 10.6. The molecule has 2 aromatic carbocycles. The predicted molar refractivity (Wildman–Crippen MR) is 99.9 cm³/mol. The lowest BCUT2D eigenvalue weighted by molar-refractivity contribution is 0.0781. The third-order valence-electron chi connectivity index (χ3n) is 4.22. The van der Waals surface area contributed by atoms with Crippen molar-refractivity contribution in [1.29, 1.82) is 0 Å². The minimum atomic E-state index is -0.231. The first-order valence-electron chi connectivity index (χ1n) is 8.12. The van der Waals surface area contributed by atoms with Crippen LogP contribution in [0.1, 0.15) is 15.9 Å². The van der Waals surface area contributed by atoms with E-state index in [1.165, 1.54) is 12.0 Å². The van der Waals surface area contributed by atoms with Gasteiger partial charge in [0.1, 0.15) is 11.5 Å². The van der Waals surface area contributed by atoms with Crippen LogP contribution in [0, 0.1) is 0 Å². The molecule has 0 spiro atoms. The Balaban J connectivity index is 1.89. The number of para-hydroxylation sites is 1. The molecule has 0 aliphatic carbocycles. The van der Waals surface area contributed by atoms with Crippen molar-refractivity contribution in [1.82, 2.24) is 9.88 Å². The molecule has 6 heteroatoms. The van der Waals surface area contributed by atoms with E-state index in [1.807, 2.05) is 12.1 Å². The van der Waals surface area contributed by atoms with Gasteiger partial charge in [-0.05, 0) is 35.7 Å². The van der Waals surface area contributed by atoms with Crippen LogP contribution in [0.5, 0.6) is 11.5 Å². The highest BCUT2D eigenvalue weighted by Crippen LogP contribution is 2.21. The fourth-order valence-electron chi connectivity index (χ4n) is 2.82. The average Bonchev–Trinajstić information content (AvgIpc) is 2.67. The highest BCUT2D eigenvalue weighted by atomic mass is 16.5. The monoisotopic (exact) mass is 352 g/mol. The summed E-state index contributed by atoms with van der Waals surface area (Å²) in [5.41, 5.74) is 1.43. The molecule has 0 aliphatic heterocycles. The van der Waals surface area contributed by atoms with Gasteiger partial charge in [-0.3, -0.25) is 9.59 Å². The topological polar surface area (TPSA) is 71.6 Å². The van der Waals surface area contributed by atoms with Gasteiger partial charge in [0.2, 0.25) is 0 Å². The first-order chi connectivity index (χ1) is 12.5. The van der Waals surface area contributed by atoms with Gasteiger partial charge in [-0.25, -0.2) is 0 Å². The Kier molecular flexibility index (Phi) is 4.93. The number of hydrogen-bond acceptors (Lipinski definition) is 4. The number of carbonyl (C=O) groups excluding carboxylic acids is 1. The van der Waals surface area contributed by atoms with Crippen molar-refractivity contribution < 1.29 is 14.3 Å². The number of nitrogens with one attached hydrogen (secondary N) is 1. The smallest absolute Gasteiger partial charge is 0.257 e. The van der Waals surface area contributed by atoms with Gasteiger partial charge in [0.25, 0.3) is 11.5 Å². The summed E-state index contributed by atoms with van der Waals surface area (Å²) in [7, 11) is 4.76. The Labute approximate surface area is 151 Å². The maximum atomic E-state index is 12.7. The summed E-state index contributed by atoms with van der Waals surface area (Å²) < 4.78 is 10.4. The zero-order chi connectivity index (χ0) is 18.7. The Morgan fingerprint density at radius 3 is 2.58 bits per heavy atom. The molecule has 3 rings (SSSR count). The van der Waals surface area contributed by atoms with Crippen molar-refractivity contribution in [3.05, 3.63) is 70.0 Å². The SMILES string of the molecule is COc1ccc2cc(CN(C)C(=O)c3ccccc3OC)c(=O)[nH]c2c1. The van der Waals surface area contributed by atoms with E-state index < -0.39 is 0 Å². The molecular weight excluding hydrogens is 332 g/mol. The fraction of sp³-hybridized carbons (Fsp3) is 0.200. The second-order valence-electron chi connectivity index (χ2n) is 5.94. The number of rotatable bonds is 5. The number of H-pyrrole nitrogens is 1. The molecule has 0 unspecified atom stereocenters. The third-order valence-corrected chi connectivity index (χ3v) is 4.22. The summed E-state index contributed by atoms with van der Waals surface area (Å²) in [5, 5.41) is 0.874. The number of pyridine rings is 1. The van der Waals surface area contributed by atoms with Crippen LogP contribution in [0.2, 0.25) is 0 Å². The maximum Gasteiger partial charge on any atom is 0.257 e. The van der Waals surface area contributed by atoms with Crippen LogP contribution >= 0.6 is 0 Å². The molecule has 0 aliphatic rings. The molecule has 0 saturated heterocycles. The van der Waals surface area contributed by atoms with Crippen LogP contribution in [-0.2, 0) is 6.54 Å². The minimum Gasteiger partial charge on any atom is -0.497 e. The predicted octanol–water partition coefficient (Wildman–Crippen LogP) is 2.82. The quantitative estimate of drug-likeness (QED) is 0.766. The summed E-state index contributed by atoms with van der Waals surface area (Å²) in [6, 6.07) is 14.3. The zero-order valence-electron chi connectivity index (χ0n) is 14.9. The van der Waals surface area contributed by atoms with Gasteiger partial charge in [-0.2, -0.15) is 0 Å². The molecule has 1 aromatic heterocycles. The second-order valence-corrected chi connectivity index (χ2v) is 5.94. The van der Waals surface area contributed by atoms with E-state index in [0.29, 0.717) is 28.1 Å². The Morgan fingerprint density at radius 1 is 1.08 bits per heavy atom. The Bertz CT molecular complexity index is 1010. The van der Waals surface area contributed by atoms with E-state index in [0.717, 1.165) is 5.39 Å². The van der Waals surface area contributed by atoms with Crippen LogP contribution in [0.3, 0.4) is 0 Å². The molecule has 134 valence electrons. The van der Waals surface area contributed by atoms with Crippen molar-refractivity contribution >= 4 is 16.8 Å². The Hall–Kier alpha value is -3.28. The zero-order valence-corrected chi connectivity index (χ0v) is 14.9. The number of aromatic amines is 1. The summed E-state index contributed by atoms with van der Waals surface area (Å²) in [4.78, 5) is 29.4. The van der Waals surface area contributed by atoms with Crippen molar-refractivity contribution in [2.75, 3.05) is 21.3 Å². The number of amides is 1. The fourth-order valence-corrected chi connectivity index (χ4v) is 2.82. The number of methoxy groups -OCH3 is 2. The molecule has 0 saturated carbocycles. The number of aromatic nitrogens is 1. The molecular formula is C20H20N2O4. The standard InChI is InChI=1S/C20H20N2O4/c1-22(20(24)16-6-4-5-7-18(16)26-3)12-14-10-13-8-9-15(25-2)11-17(13)21-19(14)23/h4-11H,12H2,1-3H3,(H,21,23). The highest BCUT2D eigenvalue weighted by Gasteiger charge is 2.17. The lowest BCUT2D eigenvalue weighted by atomic mass is 10.1. The molecule has 1 N–H and O–H groups in total. The molecule has 3 aromatic rings. The van der Waals surface area contributed by atoms with Crippen molar-refractivity contribution in [3.63, 3.8) is 0 Å². The van der Waals surface area contributed by atoms with Gasteiger partial charge < -0.3 is 19.4 Å². The minimum absolute atomic E-state index is 0.189. The number of carbonyl (C=O) groups is 1. The summed E-state index contributed by atoms with van der Waals surface area (Å²) in [6.45, 7) is 0.189. The largest absolute Gasteiger partial charge is 0.497 e. The van der Waals surface area contributed by atoms with E-state index in [-0.39, 0.29) is 18.0 Å². The van der Waals surface area contributed by atoms with E-state index in [2.05, 4.69) is 4.98 Å². The highest BCUT2D eigenvalue weighted by molar-refractivity contribution is 5.96. The van der Waals surface area contributed by atoms with Gasteiger partial charge in [-0.15, -0.1) is 0 Å². The summed E-state index contributed by atoms with van der Waals surface area (Å²) >= 11 is 0. The van der Waals surface area contributed by atoms with Crippen LogP contribution in [-0.4, -0.2) is 37.1 Å². The lowest BCUT2D eigenvalue weighted by Gasteiger charge is -2.18. The number of hydrogen-bond donors (Lipinski definition) is 1. The van der Waals surface area contributed by atoms with Crippen LogP contribution in [0.4, 0.5) is 0 Å². The van der Waals surface area contributed by atoms with Gasteiger partial charge >= 0.3 is 0 Å². The number of benzene rings is 2. The molecule has 26 heavy (non-hydrogen) atoms. The van der Waals surface area contributed by atoms with Gasteiger partial charge in [-0.1, -0.05) is 12.1 Å². The third kappa shape index (κ3) is 3.39. The van der Waals surface area contributed by atoms with E-state index in [1.54, 1.807) is 50.6 Å². The Morgan fingerprint density at radius 2 is 1.85 bits per heavy atom. The number of fused-ring (bicyclic) bond motifs is 1. The second kappa shape index (κ2) is 7.31. The van der Waals surface area contributed by atoms with Crippen LogP contribution in [0.15, 0.2) is 53.3 Å². The lowest BCUT2D eigenvalue weighted by Crippen LogP contribution is -2.29. The molecule has 1 amide bonds. The molecule has 0 radical (unpaired) electrons. The van der Waals surface area contributed by atoms with Crippen LogP contribution < -0.4 is 15.0 Å². The van der Waals surface area contributed by atoms with E-state index >= 15 is 0 Å². The van der Waals surface area contributed by atoms with Gasteiger partial charge in [0.05, 0.1) is 31.8 Å². The van der Waals surface area contributed by atoms with E-state index in [4.69, 9.17) is 9.47 Å². The summed E-state index contributed by atoms with van der Waals surface area (Å²) in [5.74, 6) is 0.963. The first-order valence-corrected chi connectivity index (χ1v) is 8.12. The van der Waals surface area contributed by atoms with Crippen molar-refractivity contribution in [3.8, 4) is 11.5 Å². The molecule has 1 heterocycles. The van der Waals surface area contributed by atoms with Crippen molar-refractivity contribution in [2.24, 2.45) is 0 Å². The van der Waals surface area contributed by atoms with Crippen molar-refractivity contribution in [2.45, 2.75) is 6.54 Å². The van der Waals surface area contributed by atoms with Gasteiger partial charge in [0.15, 0.2) is 0 Å². The number of ether oxygens (including phenoxy) is 2.